The molecule has 0 fully saturated rings. The summed E-state index contributed by atoms with van der Waals surface area (Å²) in [6.07, 6.45) is 0. The van der Waals surface area contributed by atoms with Gasteiger partial charge in [0.1, 0.15) is 0 Å². The molecule has 0 aliphatic heterocycles. The van der Waals surface area contributed by atoms with Crippen molar-refractivity contribution in [1.82, 2.24) is 23.8 Å². The summed E-state index contributed by atoms with van der Waals surface area (Å²) in [7, 11) is 0. The first kappa shape index (κ1) is 31.3. The van der Waals surface area contributed by atoms with Crippen molar-refractivity contribution in [3.05, 3.63) is 188 Å². The summed E-state index contributed by atoms with van der Waals surface area (Å²) in [5.74, 6) is 1.92. The molecular formula is C53H31N5. The fourth-order valence-corrected chi connectivity index (χ4v) is 9.71. The second-order valence-electron chi connectivity index (χ2n) is 15.1. The van der Waals surface area contributed by atoms with Crippen LogP contribution >= 0.6 is 0 Å². The van der Waals surface area contributed by atoms with Crippen molar-refractivity contribution < 1.29 is 0 Å². The number of aromatic nitrogens is 5. The van der Waals surface area contributed by atoms with Crippen molar-refractivity contribution in [3.63, 3.8) is 0 Å². The van der Waals surface area contributed by atoms with Gasteiger partial charge < -0.3 is 8.80 Å². The predicted octanol–water partition coefficient (Wildman–Crippen LogP) is 13.5. The highest BCUT2D eigenvalue weighted by Gasteiger charge is 2.25. The highest BCUT2D eigenvalue weighted by molar-refractivity contribution is 6.34. The van der Waals surface area contributed by atoms with Gasteiger partial charge in [-0.25, -0.2) is 15.0 Å². The van der Waals surface area contributed by atoms with Crippen LogP contribution in [0.15, 0.2) is 188 Å². The maximum Gasteiger partial charge on any atom is 0.164 e. The first-order valence-electron chi connectivity index (χ1n) is 19.7. The van der Waals surface area contributed by atoms with Crippen LogP contribution in [0.5, 0.6) is 0 Å². The minimum Gasteiger partial charge on any atom is -0.306 e. The van der Waals surface area contributed by atoms with Crippen molar-refractivity contribution in [2.45, 2.75) is 0 Å². The Kier molecular flexibility index (Phi) is 6.38. The third-order valence-electron chi connectivity index (χ3n) is 12.1. The van der Waals surface area contributed by atoms with Gasteiger partial charge in [-0.05, 0) is 40.4 Å². The zero-order valence-electron chi connectivity index (χ0n) is 31.1. The fraction of sp³-hybridized carbons (Fsp3) is 0. The van der Waals surface area contributed by atoms with Crippen molar-refractivity contribution in [2.75, 3.05) is 0 Å². The number of rotatable bonds is 3. The standard InChI is InChI=1S/C53H31N5/c1-3-16-32(17-4-1)51-54-52(33-18-5-2-6-19-33)56-53(55-51)42-30-31-45-50-47(42)40-25-12-14-29-44(40)58(50)49-38-24-10-8-21-35(38)34-20-7-9-23-37(34)46(49)41-27-15-26-39-36-22-11-13-28-43(36)57(45)48(39)41/h1-31H. The summed E-state index contributed by atoms with van der Waals surface area (Å²) in [6, 6.07) is 67.3. The van der Waals surface area contributed by atoms with E-state index >= 15 is 0 Å². The van der Waals surface area contributed by atoms with E-state index in [1.54, 1.807) is 0 Å². The molecule has 4 heterocycles. The van der Waals surface area contributed by atoms with Crippen LogP contribution < -0.4 is 0 Å². The predicted molar refractivity (Wildman–Crippen MR) is 241 cm³/mol. The molecule has 268 valence electrons. The Morgan fingerprint density at radius 3 is 1.43 bits per heavy atom. The molecule has 13 aromatic rings. The van der Waals surface area contributed by atoms with Crippen LogP contribution in [0.4, 0.5) is 0 Å². The Morgan fingerprint density at radius 1 is 0.259 bits per heavy atom. The molecular weight excluding hydrogens is 707 g/mol. The van der Waals surface area contributed by atoms with E-state index in [2.05, 4.69) is 160 Å². The quantitative estimate of drug-likeness (QED) is 0.170. The lowest BCUT2D eigenvalue weighted by Gasteiger charge is -2.16. The van der Waals surface area contributed by atoms with E-state index in [-0.39, 0.29) is 0 Å². The molecule has 58 heavy (non-hydrogen) atoms. The molecule has 13 rings (SSSR count). The molecule has 0 N–H and O–H groups in total. The van der Waals surface area contributed by atoms with Gasteiger partial charge in [-0.3, -0.25) is 0 Å². The Labute approximate surface area is 331 Å². The molecule has 5 heteroatoms. The summed E-state index contributed by atoms with van der Waals surface area (Å²) >= 11 is 0. The lowest BCUT2D eigenvalue weighted by molar-refractivity contribution is 1.08. The second-order valence-corrected chi connectivity index (χ2v) is 15.1. The molecule has 0 bridgehead atoms. The van der Waals surface area contributed by atoms with Crippen LogP contribution in [-0.2, 0) is 0 Å². The van der Waals surface area contributed by atoms with Gasteiger partial charge >= 0.3 is 0 Å². The maximum absolute atomic E-state index is 5.29. The van der Waals surface area contributed by atoms with E-state index in [0.29, 0.717) is 17.5 Å². The Bertz CT molecular complexity index is 3790. The average molecular weight is 738 g/mol. The van der Waals surface area contributed by atoms with Gasteiger partial charge in [-0.2, -0.15) is 0 Å². The van der Waals surface area contributed by atoms with Gasteiger partial charge in [0, 0.05) is 54.4 Å². The smallest absolute Gasteiger partial charge is 0.164 e. The molecule has 0 saturated heterocycles. The third kappa shape index (κ3) is 4.22. The first-order chi connectivity index (χ1) is 28.8. The number of hydrogen-bond acceptors (Lipinski definition) is 3. The molecule has 5 nitrogen and oxygen atoms in total. The lowest BCUT2D eigenvalue weighted by atomic mass is 9.94. The highest BCUT2D eigenvalue weighted by atomic mass is 15.0. The molecule has 0 radical (unpaired) electrons. The van der Waals surface area contributed by atoms with Crippen LogP contribution in [0.3, 0.4) is 0 Å². The Hall–Kier alpha value is -7.89. The van der Waals surface area contributed by atoms with Crippen LogP contribution in [0, 0.1) is 0 Å². The normalized spacial score (nSPS) is 12.1. The number of benzene rings is 9. The van der Waals surface area contributed by atoms with Crippen molar-refractivity contribution in [3.8, 4) is 34.2 Å². The summed E-state index contributed by atoms with van der Waals surface area (Å²) in [6.45, 7) is 0. The van der Waals surface area contributed by atoms with Gasteiger partial charge in [0.15, 0.2) is 17.5 Å². The first-order valence-corrected chi connectivity index (χ1v) is 19.7. The van der Waals surface area contributed by atoms with Gasteiger partial charge in [-0.1, -0.05) is 164 Å². The molecule has 0 aliphatic rings. The van der Waals surface area contributed by atoms with E-state index in [1.165, 1.54) is 59.6 Å². The van der Waals surface area contributed by atoms with E-state index in [4.69, 9.17) is 15.0 Å². The van der Waals surface area contributed by atoms with Gasteiger partial charge in [0.05, 0.1) is 33.1 Å². The monoisotopic (exact) mass is 737 g/mol. The van der Waals surface area contributed by atoms with Crippen molar-refractivity contribution >= 4 is 87.0 Å². The molecule has 0 saturated carbocycles. The van der Waals surface area contributed by atoms with Crippen LogP contribution in [-0.4, -0.2) is 23.8 Å². The van der Waals surface area contributed by atoms with Gasteiger partial charge in [0.25, 0.3) is 0 Å². The molecule has 4 aromatic heterocycles. The van der Waals surface area contributed by atoms with Crippen molar-refractivity contribution in [2.24, 2.45) is 0 Å². The number of para-hydroxylation sites is 3. The summed E-state index contributed by atoms with van der Waals surface area (Å²) in [5.41, 5.74) is 9.73. The largest absolute Gasteiger partial charge is 0.306 e. The van der Waals surface area contributed by atoms with Crippen LogP contribution in [0.1, 0.15) is 0 Å². The summed E-state index contributed by atoms with van der Waals surface area (Å²) in [4.78, 5) is 15.6. The van der Waals surface area contributed by atoms with Crippen LogP contribution in [0.25, 0.3) is 121 Å². The fourth-order valence-electron chi connectivity index (χ4n) is 9.71. The minimum atomic E-state index is 0.635. The van der Waals surface area contributed by atoms with E-state index in [1.807, 2.05) is 36.4 Å². The average Bonchev–Trinajstić information content (AvgIpc) is 3.82. The molecule has 9 aromatic carbocycles. The summed E-state index contributed by atoms with van der Waals surface area (Å²) in [5, 5.41) is 12.0. The van der Waals surface area contributed by atoms with Gasteiger partial charge in [0.2, 0.25) is 0 Å². The lowest BCUT2D eigenvalue weighted by Crippen LogP contribution is -2.01. The second kappa shape index (κ2) is 11.8. The molecule has 0 aliphatic carbocycles. The van der Waals surface area contributed by atoms with Crippen LogP contribution in [0.2, 0.25) is 0 Å². The maximum atomic E-state index is 5.29. The Balaban J connectivity index is 1.34. The van der Waals surface area contributed by atoms with E-state index < -0.39 is 0 Å². The highest BCUT2D eigenvalue weighted by Crippen LogP contribution is 2.46. The van der Waals surface area contributed by atoms with Gasteiger partial charge in [-0.15, -0.1) is 0 Å². The van der Waals surface area contributed by atoms with E-state index in [0.717, 1.165) is 44.0 Å². The number of hydrogen-bond donors (Lipinski definition) is 0. The molecule has 0 spiro atoms. The number of nitrogens with zero attached hydrogens (tertiary/aromatic N) is 5. The summed E-state index contributed by atoms with van der Waals surface area (Å²) < 4.78 is 5.05. The zero-order valence-corrected chi connectivity index (χ0v) is 31.1. The molecule has 0 unspecified atom stereocenters. The number of fused-ring (bicyclic) bond motifs is 15. The minimum absolute atomic E-state index is 0.635. The third-order valence-corrected chi connectivity index (χ3v) is 12.1. The molecule has 0 atom stereocenters. The Morgan fingerprint density at radius 2 is 0.741 bits per heavy atom. The van der Waals surface area contributed by atoms with E-state index in [9.17, 15) is 0 Å². The SMILES string of the molecule is c1ccc(-c2nc(-c3ccccc3)nc(-c3ccc4c5c3c3ccccc3n5c3c5ccccc5c5ccccc5c3c3cccc5c6ccccc6n4c53)n2)cc1. The van der Waals surface area contributed by atoms with Crippen molar-refractivity contribution in [1.29, 1.82) is 0 Å². The zero-order chi connectivity index (χ0) is 37.9. The topological polar surface area (TPSA) is 47.5 Å². The molecule has 0 amide bonds.